The monoisotopic (exact) mass is 181 g/mol. The molecule has 0 spiro atoms. The molecule has 1 radical (unpaired) electrons. The fourth-order valence-electron chi connectivity index (χ4n) is 0.610. The Kier molecular flexibility index (Phi) is 5.62. The Labute approximate surface area is 68.2 Å². The van der Waals surface area contributed by atoms with Gasteiger partial charge in [0, 0.05) is 6.92 Å². The summed E-state index contributed by atoms with van der Waals surface area (Å²) in [5.74, 6) is 0. The molecule has 2 nitrogen and oxygen atoms in total. The predicted octanol–water partition coefficient (Wildman–Crippen LogP) is 1.03. The number of rotatable bonds is 4. The molecule has 4 heteroatoms. The molecular formula is C6H13O2S2. The minimum Gasteiger partial charge on any atom is -0.572 e. The Bertz CT molecular complexity index is 87.8. The highest BCUT2D eigenvalue weighted by molar-refractivity contribution is 8.67. The van der Waals surface area contributed by atoms with Gasteiger partial charge in [0.25, 0.3) is 0 Å². The van der Waals surface area contributed by atoms with Gasteiger partial charge >= 0.3 is 0 Å². The highest BCUT2D eigenvalue weighted by atomic mass is 33.2. The van der Waals surface area contributed by atoms with Crippen molar-refractivity contribution in [3.8, 4) is 0 Å². The maximum absolute atomic E-state index is 11.0. The predicted molar refractivity (Wildman–Crippen MR) is 46.3 cm³/mol. The van der Waals surface area contributed by atoms with Crippen molar-refractivity contribution in [3.05, 3.63) is 6.92 Å². The molecule has 0 aromatic heterocycles. The molecular weight excluding hydrogens is 168 g/mol. The summed E-state index contributed by atoms with van der Waals surface area (Å²) in [6.07, 6.45) is 3.17. The van der Waals surface area contributed by atoms with Gasteiger partial charge in [0.05, 0.1) is 0 Å². The lowest BCUT2D eigenvalue weighted by atomic mass is 10.3. The third kappa shape index (κ3) is 3.71. The second-order valence-electron chi connectivity index (χ2n) is 2.07. The Balaban J connectivity index is 3.58. The van der Waals surface area contributed by atoms with E-state index in [9.17, 15) is 9.11 Å². The highest BCUT2D eigenvalue weighted by Gasteiger charge is 2.26. The molecule has 0 bridgehead atoms. The van der Waals surface area contributed by atoms with Gasteiger partial charge < -0.3 is 9.11 Å². The van der Waals surface area contributed by atoms with Crippen molar-refractivity contribution in [2.75, 3.05) is 6.26 Å². The molecule has 3 unspecified atom stereocenters. The van der Waals surface area contributed by atoms with Crippen LogP contribution < -0.4 is 0 Å². The summed E-state index contributed by atoms with van der Waals surface area (Å²) in [6.45, 7) is 5.65. The topological polar surface area (TPSA) is 46.1 Å². The Hall–Kier alpha value is 0.620. The van der Waals surface area contributed by atoms with Crippen molar-refractivity contribution in [2.24, 2.45) is 0 Å². The van der Waals surface area contributed by atoms with Gasteiger partial charge in [-0.3, -0.25) is 0 Å². The fourth-order valence-corrected chi connectivity index (χ4v) is 2.86. The molecule has 0 fully saturated rings. The lowest BCUT2D eigenvalue weighted by Crippen LogP contribution is -2.25. The molecule has 0 rings (SSSR count). The van der Waals surface area contributed by atoms with Crippen LogP contribution in [0.15, 0.2) is 0 Å². The molecule has 0 heterocycles. The van der Waals surface area contributed by atoms with E-state index in [1.54, 1.807) is 0 Å². The first-order valence-electron chi connectivity index (χ1n) is 3.17. The van der Waals surface area contributed by atoms with Crippen LogP contribution in [0.1, 0.15) is 19.8 Å². The van der Waals surface area contributed by atoms with Crippen molar-refractivity contribution in [1.29, 1.82) is 0 Å². The fraction of sp³-hybridized carbons (Fsp3) is 0.833. The molecule has 0 saturated carbocycles. The summed E-state index contributed by atoms with van der Waals surface area (Å²) in [4.78, 5) is 0. The molecule has 10 heavy (non-hydrogen) atoms. The van der Waals surface area contributed by atoms with E-state index in [0.717, 1.165) is 12.8 Å². The van der Waals surface area contributed by atoms with E-state index in [4.69, 9.17) is 0 Å². The van der Waals surface area contributed by atoms with Gasteiger partial charge in [0.15, 0.2) is 25.7 Å². The standard InChI is InChI=1S/C6H13O2S2/c1-4-5-6(2)10(8)9(3)7/h6H,2,4-5H2,1,3H3. The summed E-state index contributed by atoms with van der Waals surface area (Å²) in [5.41, 5.74) is 0. The van der Waals surface area contributed by atoms with E-state index in [1.165, 1.54) is 6.26 Å². The van der Waals surface area contributed by atoms with Crippen molar-refractivity contribution in [3.63, 3.8) is 0 Å². The molecule has 0 amide bonds. The Morgan fingerprint density at radius 2 is 2.00 bits per heavy atom. The van der Waals surface area contributed by atoms with Crippen LogP contribution in [0, 0.1) is 6.92 Å². The van der Waals surface area contributed by atoms with E-state index < -0.39 is 20.4 Å². The summed E-state index contributed by atoms with van der Waals surface area (Å²) >= 11 is 0. The third-order valence-corrected chi connectivity index (χ3v) is 4.56. The number of hydrogen-bond donors (Lipinski definition) is 0. The summed E-state index contributed by atoms with van der Waals surface area (Å²) < 4.78 is 21.6. The van der Waals surface area contributed by atoms with E-state index in [0.29, 0.717) is 0 Å². The van der Waals surface area contributed by atoms with Crippen LogP contribution in [-0.2, 0) is 20.4 Å². The van der Waals surface area contributed by atoms with Crippen LogP contribution in [0.3, 0.4) is 0 Å². The number of hydrogen-bond acceptors (Lipinski definition) is 2. The van der Waals surface area contributed by atoms with Crippen molar-refractivity contribution in [1.82, 2.24) is 0 Å². The normalized spacial score (nSPS) is 20.1. The summed E-state index contributed by atoms with van der Waals surface area (Å²) in [6, 6.07) is 0. The first-order valence-corrected chi connectivity index (χ1v) is 6.46. The van der Waals surface area contributed by atoms with Gasteiger partial charge in [-0.05, 0) is 6.42 Å². The van der Waals surface area contributed by atoms with Gasteiger partial charge in [-0.15, -0.1) is 0 Å². The van der Waals surface area contributed by atoms with E-state index in [-0.39, 0.29) is 5.25 Å². The molecule has 61 valence electrons. The minimum absolute atomic E-state index is 0.171. The average molecular weight is 181 g/mol. The van der Waals surface area contributed by atoms with Crippen LogP contribution in [0.5, 0.6) is 0 Å². The third-order valence-electron chi connectivity index (χ3n) is 1.11. The second kappa shape index (κ2) is 5.29. The van der Waals surface area contributed by atoms with E-state index in [2.05, 4.69) is 6.92 Å². The molecule has 0 aliphatic rings. The maximum atomic E-state index is 11.0. The maximum Gasteiger partial charge on any atom is 0.173 e. The highest BCUT2D eigenvalue weighted by Crippen LogP contribution is 2.13. The van der Waals surface area contributed by atoms with Crippen LogP contribution in [0.25, 0.3) is 0 Å². The van der Waals surface area contributed by atoms with Gasteiger partial charge in [-0.2, -0.15) is 0 Å². The molecule has 0 saturated heterocycles. The molecule has 0 aliphatic heterocycles. The smallest absolute Gasteiger partial charge is 0.173 e. The molecule has 0 aromatic rings. The van der Waals surface area contributed by atoms with Crippen molar-refractivity contribution < 1.29 is 9.11 Å². The lowest BCUT2D eigenvalue weighted by molar-refractivity contribution is 0.577. The molecule has 0 aromatic carbocycles. The molecule has 0 N–H and O–H groups in total. The van der Waals surface area contributed by atoms with Gasteiger partial charge in [0.2, 0.25) is 0 Å². The Morgan fingerprint density at radius 3 is 2.30 bits per heavy atom. The zero-order chi connectivity index (χ0) is 8.15. The van der Waals surface area contributed by atoms with Crippen LogP contribution >= 0.6 is 0 Å². The van der Waals surface area contributed by atoms with Crippen molar-refractivity contribution >= 4 is 20.4 Å². The van der Waals surface area contributed by atoms with Gasteiger partial charge in [-0.25, -0.2) is 0 Å². The van der Waals surface area contributed by atoms with Gasteiger partial charge in [0.1, 0.15) is 6.26 Å². The average Bonchev–Trinajstić information content (AvgIpc) is 1.87. The van der Waals surface area contributed by atoms with Gasteiger partial charge in [-0.1, -0.05) is 13.3 Å². The summed E-state index contributed by atoms with van der Waals surface area (Å²) in [5, 5.41) is -0.171. The zero-order valence-electron chi connectivity index (χ0n) is 6.33. The largest absolute Gasteiger partial charge is 0.572 e. The first kappa shape index (κ1) is 10.6. The quantitative estimate of drug-likeness (QED) is 0.480. The Morgan fingerprint density at radius 1 is 1.50 bits per heavy atom. The van der Waals surface area contributed by atoms with E-state index in [1.807, 2.05) is 6.92 Å². The first-order chi connectivity index (χ1) is 4.59. The van der Waals surface area contributed by atoms with Crippen molar-refractivity contribution in [2.45, 2.75) is 25.0 Å². The lowest BCUT2D eigenvalue weighted by Gasteiger charge is -2.13. The van der Waals surface area contributed by atoms with Crippen LogP contribution in [0.4, 0.5) is 0 Å². The van der Waals surface area contributed by atoms with Crippen LogP contribution in [-0.4, -0.2) is 20.6 Å². The zero-order valence-corrected chi connectivity index (χ0v) is 7.96. The SMILES string of the molecule is [CH2]C(CCC)[S+]([O-])[S+](C)[O-]. The molecule has 0 aliphatic carbocycles. The minimum atomic E-state index is -1.26. The van der Waals surface area contributed by atoms with E-state index >= 15 is 0 Å². The molecule has 3 atom stereocenters. The summed E-state index contributed by atoms with van der Waals surface area (Å²) in [7, 11) is -2.49. The second-order valence-corrected chi connectivity index (χ2v) is 6.46. The van der Waals surface area contributed by atoms with Crippen LogP contribution in [0.2, 0.25) is 0 Å².